The number of aromatic nitrogens is 1. The number of nitrogens with one attached hydrogen (secondary N) is 1. The zero-order chi connectivity index (χ0) is 15.8. The summed E-state index contributed by atoms with van der Waals surface area (Å²) in [7, 11) is -4.57. The third-order valence-electron chi connectivity index (χ3n) is 2.49. The summed E-state index contributed by atoms with van der Waals surface area (Å²) in [5, 5.41) is 0.297. The molecule has 0 unspecified atom stereocenters. The molecule has 2 aromatic rings. The number of halogens is 3. The highest BCUT2D eigenvalue weighted by atomic mass is 32.2. The lowest BCUT2D eigenvalue weighted by atomic mass is 10.2. The highest BCUT2D eigenvalue weighted by Gasteiger charge is 2.48. The number of hydrogen-bond donors (Lipinski definition) is 1. The smallest absolute Gasteiger partial charge is 0.464 e. The fourth-order valence-corrected chi connectivity index (χ4v) is 2.01. The van der Waals surface area contributed by atoms with Gasteiger partial charge in [-0.15, -0.1) is 0 Å². The molecular formula is C11H8F3NO5S. The molecule has 0 radical (unpaired) electrons. The number of rotatable bonds is 3. The second-order valence-corrected chi connectivity index (χ2v) is 5.44. The number of fused-ring (bicyclic) bond motifs is 1. The molecule has 0 saturated heterocycles. The van der Waals surface area contributed by atoms with Crippen molar-refractivity contribution in [2.24, 2.45) is 0 Å². The van der Waals surface area contributed by atoms with Gasteiger partial charge >= 0.3 is 21.6 Å². The maximum absolute atomic E-state index is 12.2. The molecule has 2 rings (SSSR count). The fourth-order valence-electron chi connectivity index (χ4n) is 1.56. The van der Waals surface area contributed by atoms with Gasteiger partial charge in [0.15, 0.2) is 0 Å². The summed E-state index contributed by atoms with van der Waals surface area (Å²) in [5.74, 6) is -1.19. The number of methoxy groups -OCH3 is 1. The summed E-state index contributed by atoms with van der Waals surface area (Å²) < 4.78 is 66.9. The van der Waals surface area contributed by atoms with Crippen molar-refractivity contribution in [3.63, 3.8) is 0 Å². The van der Waals surface area contributed by atoms with E-state index in [1.54, 1.807) is 0 Å². The van der Waals surface area contributed by atoms with Gasteiger partial charge in [-0.2, -0.15) is 21.6 Å². The van der Waals surface area contributed by atoms with Crippen LogP contribution in [0.1, 0.15) is 10.5 Å². The Labute approximate surface area is 116 Å². The van der Waals surface area contributed by atoms with Crippen LogP contribution in [0.5, 0.6) is 5.75 Å². The Hall–Kier alpha value is -2.23. The summed E-state index contributed by atoms with van der Waals surface area (Å²) in [4.78, 5) is 14.0. The normalized spacial score (nSPS) is 12.4. The van der Waals surface area contributed by atoms with Crippen LogP contribution in [-0.2, 0) is 14.9 Å². The summed E-state index contributed by atoms with van der Waals surface area (Å²) >= 11 is 0. The molecule has 1 N–H and O–H groups in total. The SMILES string of the molecule is COC(=O)c1cc2cc(OS(=O)(=O)C(F)(F)F)ccc2[nH]1. The van der Waals surface area contributed by atoms with Crippen LogP contribution >= 0.6 is 0 Å². The van der Waals surface area contributed by atoms with E-state index >= 15 is 0 Å². The van der Waals surface area contributed by atoms with Gasteiger partial charge in [0.2, 0.25) is 0 Å². The van der Waals surface area contributed by atoms with E-state index in [4.69, 9.17) is 0 Å². The standard InChI is InChI=1S/C11H8F3NO5S/c1-19-10(16)9-5-6-4-7(2-3-8(6)15-9)20-21(17,18)11(12,13)14/h2-5,15H,1H3. The molecule has 21 heavy (non-hydrogen) atoms. The highest BCUT2D eigenvalue weighted by molar-refractivity contribution is 7.88. The predicted octanol–water partition coefficient (Wildman–Crippen LogP) is 2.18. The van der Waals surface area contributed by atoms with Crippen molar-refractivity contribution in [1.82, 2.24) is 4.98 Å². The van der Waals surface area contributed by atoms with Gasteiger partial charge in [0.05, 0.1) is 7.11 Å². The van der Waals surface area contributed by atoms with E-state index in [9.17, 15) is 26.4 Å². The molecular weight excluding hydrogens is 315 g/mol. The third-order valence-corrected chi connectivity index (χ3v) is 3.47. The first kappa shape index (κ1) is 15.2. The van der Waals surface area contributed by atoms with E-state index in [2.05, 4.69) is 13.9 Å². The number of aromatic amines is 1. The second kappa shape index (κ2) is 4.95. The first-order valence-electron chi connectivity index (χ1n) is 5.36. The van der Waals surface area contributed by atoms with Crippen molar-refractivity contribution in [2.75, 3.05) is 7.11 Å². The minimum Gasteiger partial charge on any atom is -0.464 e. The largest absolute Gasteiger partial charge is 0.534 e. The van der Waals surface area contributed by atoms with Crippen molar-refractivity contribution in [2.45, 2.75) is 5.51 Å². The van der Waals surface area contributed by atoms with Crippen LogP contribution in [-0.4, -0.2) is 32.0 Å². The van der Waals surface area contributed by atoms with Gasteiger partial charge in [0.1, 0.15) is 11.4 Å². The molecule has 1 aromatic carbocycles. The van der Waals surface area contributed by atoms with Gasteiger partial charge < -0.3 is 13.9 Å². The molecule has 0 fully saturated rings. The van der Waals surface area contributed by atoms with Crippen LogP contribution < -0.4 is 4.18 Å². The molecule has 114 valence electrons. The zero-order valence-corrected chi connectivity index (χ0v) is 11.2. The van der Waals surface area contributed by atoms with Crippen LogP contribution in [0.4, 0.5) is 13.2 Å². The van der Waals surface area contributed by atoms with Gasteiger partial charge in [-0.3, -0.25) is 0 Å². The van der Waals surface area contributed by atoms with Gasteiger partial charge in [-0.1, -0.05) is 0 Å². The van der Waals surface area contributed by atoms with Gasteiger partial charge in [0.25, 0.3) is 0 Å². The maximum atomic E-state index is 12.2. The van der Waals surface area contributed by atoms with Crippen molar-refractivity contribution < 1.29 is 35.3 Å². The molecule has 0 bridgehead atoms. The van der Waals surface area contributed by atoms with Gasteiger partial charge in [-0.25, -0.2) is 4.79 Å². The molecule has 10 heteroatoms. The Kier molecular flexibility index (Phi) is 3.58. The van der Waals surface area contributed by atoms with Gasteiger partial charge in [-0.05, 0) is 24.3 Å². The van der Waals surface area contributed by atoms with E-state index in [0.29, 0.717) is 10.9 Å². The molecule has 0 aliphatic heterocycles. The van der Waals surface area contributed by atoms with Crippen molar-refractivity contribution in [1.29, 1.82) is 0 Å². The molecule has 0 aliphatic carbocycles. The second-order valence-electron chi connectivity index (χ2n) is 3.91. The lowest BCUT2D eigenvalue weighted by molar-refractivity contribution is -0.0500. The number of benzene rings is 1. The highest BCUT2D eigenvalue weighted by Crippen LogP contribution is 2.29. The number of carbonyl (C=O) groups excluding carboxylic acids is 1. The first-order chi connectivity index (χ1) is 9.64. The van der Waals surface area contributed by atoms with E-state index in [1.165, 1.54) is 12.1 Å². The zero-order valence-electron chi connectivity index (χ0n) is 10.4. The maximum Gasteiger partial charge on any atom is 0.534 e. The minimum absolute atomic E-state index is 0.0725. The van der Waals surface area contributed by atoms with E-state index in [1.807, 2.05) is 0 Å². The minimum atomic E-state index is -5.74. The van der Waals surface area contributed by atoms with Crippen molar-refractivity contribution in [3.05, 3.63) is 30.0 Å². The Morgan fingerprint density at radius 2 is 1.90 bits per heavy atom. The quantitative estimate of drug-likeness (QED) is 0.531. The molecule has 0 spiro atoms. The average Bonchev–Trinajstić information content (AvgIpc) is 2.79. The summed E-state index contributed by atoms with van der Waals surface area (Å²) in [6.45, 7) is 0. The van der Waals surface area contributed by atoms with Crippen molar-refractivity contribution >= 4 is 27.0 Å². The molecule has 0 atom stereocenters. The molecule has 0 saturated carbocycles. The van der Waals surface area contributed by atoms with E-state index in [-0.39, 0.29) is 5.69 Å². The van der Waals surface area contributed by atoms with E-state index in [0.717, 1.165) is 19.2 Å². The number of ether oxygens (including phenoxy) is 1. The van der Waals surface area contributed by atoms with Crippen LogP contribution in [0.25, 0.3) is 10.9 Å². The van der Waals surface area contributed by atoms with Crippen molar-refractivity contribution in [3.8, 4) is 5.75 Å². The molecule has 1 aromatic heterocycles. The average molecular weight is 323 g/mol. The first-order valence-corrected chi connectivity index (χ1v) is 6.77. The summed E-state index contributed by atoms with van der Waals surface area (Å²) in [6.07, 6.45) is 0. The summed E-state index contributed by atoms with van der Waals surface area (Å²) in [6, 6.07) is 4.67. The number of alkyl halides is 3. The predicted molar refractivity (Wildman–Crippen MR) is 65.2 cm³/mol. The molecule has 6 nitrogen and oxygen atoms in total. The molecule has 0 amide bonds. The fraction of sp³-hybridized carbons (Fsp3) is 0.182. The Morgan fingerprint density at radius 3 is 2.48 bits per heavy atom. The van der Waals surface area contributed by atoms with Crippen LogP contribution in [0.2, 0.25) is 0 Å². The number of esters is 1. The third kappa shape index (κ3) is 2.94. The number of carbonyl (C=O) groups is 1. The molecule has 1 heterocycles. The lowest BCUT2D eigenvalue weighted by Crippen LogP contribution is -2.28. The van der Waals surface area contributed by atoms with Crippen LogP contribution in [0, 0.1) is 0 Å². The topological polar surface area (TPSA) is 85.5 Å². The number of H-pyrrole nitrogens is 1. The van der Waals surface area contributed by atoms with E-state index < -0.39 is 27.3 Å². The summed E-state index contributed by atoms with van der Waals surface area (Å²) in [5.41, 5.74) is -5.03. The number of hydrogen-bond acceptors (Lipinski definition) is 5. The Morgan fingerprint density at radius 1 is 1.24 bits per heavy atom. The Balaban J connectivity index is 2.38. The van der Waals surface area contributed by atoms with Crippen LogP contribution in [0.15, 0.2) is 24.3 Å². The lowest BCUT2D eigenvalue weighted by Gasteiger charge is -2.09. The monoisotopic (exact) mass is 323 g/mol. The van der Waals surface area contributed by atoms with Crippen LogP contribution in [0.3, 0.4) is 0 Å². The molecule has 0 aliphatic rings. The Bertz CT molecular complexity index is 794. The van der Waals surface area contributed by atoms with Gasteiger partial charge in [0, 0.05) is 10.9 Å².